The highest BCUT2D eigenvalue weighted by molar-refractivity contribution is 8.18. The van der Waals surface area contributed by atoms with Gasteiger partial charge >= 0.3 is 0 Å². The van der Waals surface area contributed by atoms with Gasteiger partial charge in [-0.2, -0.15) is 0 Å². The van der Waals surface area contributed by atoms with Crippen LogP contribution in [0.1, 0.15) is 16.7 Å². The third kappa shape index (κ3) is 5.33. The molecule has 0 radical (unpaired) electrons. The zero-order valence-corrected chi connectivity index (χ0v) is 19.3. The van der Waals surface area contributed by atoms with Gasteiger partial charge in [-0.15, -0.1) is 0 Å². The van der Waals surface area contributed by atoms with Gasteiger partial charge in [-0.25, -0.2) is 4.39 Å². The summed E-state index contributed by atoms with van der Waals surface area (Å²) in [5.41, 5.74) is 0.790. The lowest BCUT2D eigenvalue weighted by Crippen LogP contribution is -2.27. The van der Waals surface area contributed by atoms with E-state index in [1.54, 1.807) is 6.07 Å². The van der Waals surface area contributed by atoms with Crippen molar-refractivity contribution in [2.75, 3.05) is 7.11 Å². The number of halogens is 1. The Morgan fingerprint density at radius 3 is 2.46 bits per heavy atom. The first kappa shape index (κ1) is 24.0. The van der Waals surface area contributed by atoms with E-state index in [2.05, 4.69) is 0 Å². The number of rotatable bonds is 8. The quantitative estimate of drug-likeness (QED) is 0.230. The molecule has 0 N–H and O–H groups in total. The smallest absolute Gasteiger partial charge is 0.293 e. The van der Waals surface area contributed by atoms with E-state index in [9.17, 15) is 24.1 Å². The number of hydrogen-bond acceptors (Lipinski definition) is 7. The molecule has 1 saturated heterocycles. The average molecular weight is 495 g/mol. The molecule has 1 aliphatic heterocycles. The molecule has 178 valence electrons. The lowest BCUT2D eigenvalue weighted by molar-refractivity contribution is -0.385. The highest BCUT2D eigenvalue weighted by Gasteiger charge is 2.36. The normalized spacial score (nSPS) is 14.5. The number of benzene rings is 3. The lowest BCUT2D eigenvalue weighted by atomic mass is 10.1. The van der Waals surface area contributed by atoms with Crippen molar-refractivity contribution in [2.24, 2.45) is 0 Å². The molecular weight excluding hydrogens is 475 g/mol. The van der Waals surface area contributed by atoms with Crippen LogP contribution in [-0.2, 0) is 17.9 Å². The van der Waals surface area contributed by atoms with Gasteiger partial charge in [-0.05, 0) is 35.5 Å². The molecule has 0 atom stereocenters. The first-order chi connectivity index (χ1) is 16.9. The van der Waals surface area contributed by atoms with Gasteiger partial charge in [0.05, 0.1) is 35.1 Å². The molecule has 8 nitrogen and oxygen atoms in total. The minimum Gasteiger partial charge on any atom is -0.493 e. The fourth-order valence-corrected chi connectivity index (χ4v) is 4.25. The summed E-state index contributed by atoms with van der Waals surface area (Å²) in [5, 5.41) is 11.2. The van der Waals surface area contributed by atoms with E-state index in [4.69, 9.17) is 9.47 Å². The number of hydrogen-bond donors (Lipinski definition) is 0. The number of ether oxygens (including phenoxy) is 2. The van der Waals surface area contributed by atoms with Crippen LogP contribution in [0.4, 0.5) is 14.9 Å². The molecule has 3 aromatic rings. The Bertz CT molecular complexity index is 1330. The summed E-state index contributed by atoms with van der Waals surface area (Å²) >= 11 is 0.629. The highest BCUT2D eigenvalue weighted by Crippen LogP contribution is 2.39. The highest BCUT2D eigenvalue weighted by atomic mass is 32.2. The van der Waals surface area contributed by atoms with Crippen molar-refractivity contribution in [1.29, 1.82) is 0 Å². The topological polar surface area (TPSA) is 99.0 Å². The second kappa shape index (κ2) is 10.4. The zero-order chi connectivity index (χ0) is 24.9. The van der Waals surface area contributed by atoms with Crippen LogP contribution in [0.5, 0.6) is 11.5 Å². The summed E-state index contributed by atoms with van der Waals surface area (Å²) in [6, 6.07) is 17.7. The maximum absolute atomic E-state index is 14.0. The standard InChI is InChI=1S/C25H19FN2O6S/c1-33-21-11-18(20(28(31)32)13-22(21)34-15-16-7-3-2-4-8-16)12-23-24(29)27(25(30)35-23)14-17-9-5-6-10-19(17)26/h2-13H,14-15H2,1H3/b23-12-. The predicted octanol–water partition coefficient (Wildman–Crippen LogP) is 5.56. The van der Waals surface area contributed by atoms with E-state index in [0.717, 1.165) is 10.5 Å². The molecule has 0 bridgehead atoms. The summed E-state index contributed by atoms with van der Waals surface area (Å²) in [4.78, 5) is 37.4. The maximum Gasteiger partial charge on any atom is 0.293 e. The van der Waals surface area contributed by atoms with Crippen LogP contribution >= 0.6 is 11.8 Å². The van der Waals surface area contributed by atoms with Gasteiger partial charge in [0.1, 0.15) is 12.4 Å². The van der Waals surface area contributed by atoms with Crippen molar-refractivity contribution >= 4 is 34.7 Å². The first-order valence-corrected chi connectivity index (χ1v) is 11.2. The Balaban J connectivity index is 1.62. The zero-order valence-electron chi connectivity index (χ0n) is 18.5. The minimum atomic E-state index is -0.666. The number of methoxy groups -OCH3 is 1. The van der Waals surface area contributed by atoms with Crippen molar-refractivity contribution < 1.29 is 28.4 Å². The maximum atomic E-state index is 14.0. The largest absolute Gasteiger partial charge is 0.493 e. The van der Waals surface area contributed by atoms with Gasteiger partial charge in [0.25, 0.3) is 16.8 Å². The third-order valence-corrected chi connectivity index (χ3v) is 6.10. The molecule has 1 aliphatic rings. The van der Waals surface area contributed by atoms with Crippen molar-refractivity contribution in [3.63, 3.8) is 0 Å². The van der Waals surface area contributed by atoms with Crippen molar-refractivity contribution in [3.05, 3.63) is 104 Å². The van der Waals surface area contributed by atoms with Crippen LogP contribution < -0.4 is 9.47 Å². The van der Waals surface area contributed by atoms with Gasteiger partial charge in [0.2, 0.25) is 0 Å². The number of nitro benzene ring substituents is 1. The van der Waals surface area contributed by atoms with Gasteiger partial charge in [-0.1, -0.05) is 48.5 Å². The van der Waals surface area contributed by atoms with Gasteiger partial charge in [0.15, 0.2) is 11.5 Å². The number of imide groups is 1. The number of carbonyl (C=O) groups excluding carboxylic acids is 2. The molecule has 0 spiro atoms. The molecule has 0 aromatic heterocycles. The molecule has 0 aliphatic carbocycles. The summed E-state index contributed by atoms with van der Waals surface area (Å²) in [7, 11) is 1.39. The van der Waals surface area contributed by atoms with Gasteiger partial charge in [0, 0.05) is 5.56 Å². The first-order valence-electron chi connectivity index (χ1n) is 10.4. The van der Waals surface area contributed by atoms with Crippen LogP contribution in [0.2, 0.25) is 0 Å². The van der Waals surface area contributed by atoms with Crippen molar-refractivity contribution in [3.8, 4) is 11.5 Å². The van der Waals surface area contributed by atoms with Gasteiger partial charge in [-0.3, -0.25) is 24.6 Å². The number of nitro groups is 1. The monoisotopic (exact) mass is 494 g/mol. The summed E-state index contributed by atoms with van der Waals surface area (Å²) in [6.07, 6.45) is 1.26. The van der Waals surface area contributed by atoms with E-state index >= 15 is 0 Å². The molecule has 10 heteroatoms. The van der Waals surface area contributed by atoms with E-state index in [1.165, 1.54) is 43.5 Å². The summed E-state index contributed by atoms with van der Waals surface area (Å²) in [5.74, 6) is -0.820. The van der Waals surface area contributed by atoms with E-state index in [0.29, 0.717) is 11.8 Å². The van der Waals surface area contributed by atoms with Crippen LogP contribution in [0.15, 0.2) is 71.6 Å². The third-order valence-electron chi connectivity index (χ3n) is 5.19. The van der Waals surface area contributed by atoms with Crippen molar-refractivity contribution in [2.45, 2.75) is 13.2 Å². The minimum absolute atomic E-state index is 0.0190. The Labute approximate surface area is 204 Å². The molecule has 0 saturated carbocycles. The fourth-order valence-electron chi connectivity index (χ4n) is 3.42. The van der Waals surface area contributed by atoms with E-state index < -0.39 is 21.9 Å². The molecule has 35 heavy (non-hydrogen) atoms. The van der Waals surface area contributed by atoms with Gasteiger partial charge < -0.3 is 9.47 Å². The Hall–Kier alpha value is -4.18. The second-order valence-electron chi connectivity index (χ2n) is 7.45. The Morgan fingerprint density at radius 2 is 1.77 bits per heavy atom. The number of nitrogens with zero attached hydrogens (tertiary/aromatic N) is 2. The van der Waals surface area contributed by atoms with Crippen LogP contribution in [0.25, 0.3) is 6.08 Å². The lowest BCUT2D eigenvalue weighted by Gasteiger charge is -2.13. The predicted molar refractivity (Wildman–Crippen MR) is 128 cm³/mol. The number of amides is 2. The number of carbonyl (C=O) groups is 2. The van der Waals surface area contributed by atoms with Crippen LogP contribution in [-0.4, -0.2) is 28.1 Å². The summed E-state index contributed by atoms with van der Waals surface area (Å²) in [6.45, 7) is -0.0744. The number of thioether (sulfide) groups is 1. The van der Waals surface area contributed by atoms with Crippen LogP contribution in [0, 0.1) is 15.9 Å². The summed E-state index contributed by atoms with van der Waals surface area (Å²) < 4.78 is 25.1. The molecular formula is C25H19FN2O6S. The molecule has 1 fully saturated rings. The molecule has 1 heterocycles. The molecule has 4 rings (SSSR count). The van der Waals surface area contributed by atoms with E-state index in [-0.39, 0.29) is 46.4 Å². The average Bonchev–Trinajstić information content (AvgIpc) is 3.12. The molecule has 2 amide bonds. The Morgan fingerprint density at radius 1 is 1.06 bits per heavy atom. The van der Waals surface area contributed by atoms with Crippen LogP contribution in [0.3, 0.4) is 0 Å². The fraction of sp³-hybridized carbons (Fsp3) is 0.120. The van der Waals surface area contributed by atoms with Crippen molar-refractivity contribution in [1.82, 2.24) is 4.90 Å². The molecule has 3 aromatic carbocycles. The molecule has 0 unspecified atom stereocenters. The van der Waals surface area contributed by atoms with E-state index in [1.807, 2.05) is 30.3 Å². The Kier molecular flexibility index (Phi) is 7.11. The SMILES string of the molecule is COc1cc(/C=C2\SC(=O)N(Cc3ccccc3F)C2=O)c([N+](=O)[O-])cc1OCc1ccccc1. The second-order valence-corrected chi connectivity index (χ2v) is 8.45.